The summed E-state index contributed by atoms with van der Waals surface area (Å²) in [6.07, 6.45) is 2.92. The van der Waals surface area contributed by atoms with Crippen molar-refractivity contribution in [3.63, 3.8) is 0 Å². The summed E-state index contributed by atoms with van der Waals surface area (Å²) in [7, 11) is 0. The van der Waals surface area contributed by atoms with Crippen LogP contribution >= 0.6 is 0 Å². The van der Waals surface area contributed by atoms with Gasteiger partial charge in [0.05, 0.1) is 0 Å². The molecule has 0 aliphatic carbocycles. The van der Waals surface area contributed by atoms with Gasteiger partial charge in [0, 0.05) is 5.54 Å². The molecule has 0 saturated heterocycles. The number of nitrogens with two attached hydrogens (primary N) is 1. The molecule has 0 saturated carbocycles. The molecule has 2 N–H and O–H groups in total. The Labute approximate surface area is 70.6 Å². The molecular weight excluding hydrogens is 105 g/mol. The van der Waals surface area contributed by atoms with E-state index in [1.54, 1.807) is 0 Å². The molecule has 51 valence electrons. The van der Waals surface area contributed by atoms with E-state index in [0.717, 1.165) is 19.3 Å². The fraction of sp³-hybridized carbons (Fsp3) is 0.857. The van der Waals surface area contributed by atoms with Crippen molar-refractivity contribution in [1.82, 2.24) is 0 Å². The van der Waals surface area contributed by atoms with Gasteiger partial charge in [0.25, 0.3) is 0 Å². The van der Waals surface area contributed by atoms with Crippen LogP contribution in [0, 0.1) is 6.92 Å². The van der Waals surface area contributed by atoms with E-state index in [-0.39, 0.29) is 24.4 Å². The van der Waals surface area contributed by atoms with Gasteiger partial charge < -0.3 is 5.73 Å². The van der Waals surface area contributed by atoms with Crippen molar-refractivity contribution in [2.45, 2.75) is 38.6 Å². The van der Waals surface area contributed by atoms with Crippen molar-refractivity contribution in [2.24, 2.45) is 5.73 Å². The molecule has 0 aliphatic rings. The van der Waals surface area contributed by atoms with E-state index in [4.69, 9.17) is 5.73 Å². The predicted octanol–water partition coefficient (Wildman–Crippen LogP) is 1.08. The second kappa shape index (κ2) is 5.35. The Kier molecular flexibility index (Phi) is 7.29. The van der Waals surface area contributed by atoms with Crippen molar-refractivity contribution in [2.75, 3.05) is 0 Å². The molecule has 0 heterocycles. The molecule has 0 aliphatic heterocycles. The van der Waals surface area contributed by atoms with Gasteiger partial charge in [-0.05, 0) is 19.3 Å². The standard InChI is InChI=1S/C7H16N.Li.H/c1-4-7(8,5-2)6-3;;/h1,4-6,8H2,2-3H3;;. The van der Waals surface area contributed by atoms with Crippen LogP contribution in [0.1, 0.15) is 33.1 Å². The molecule has 1 radical (unpaired) electrons. The molecule has 2 heteroatoms. The van der Waals surface area contributed by atoms with Gasteiger partial charge in [-0.3, -0.25) is 0 Å². The molecular formula is C7H17LiN. The molecule has 0 rings (SSSR count). The molecule has 0 aromatic heterocycles. The van der Waals surface area contributed by atoms with Gasteiger partial charge >= 0.3 is 18.9 Å². The normalized spacial score (nSPS) is 10.7. The quantitative estimate of drug-likeness (QED) is 0.557. The maximum atomic E-state index is 5.83. The van der Waals surface area contributed by atoms with E-state index in [1.807, 2.05) is 0 Å². The fourth-order valence-corrected chi connectivity index (χ4v) is 0.604. The van der Waals surface area contributed by atoms with Crippen molar-refractivity contribution < 1.29 is 0 Å². The molecule has 0 amide bonds. The molecule has 9 heavy (non-hydrogen) atoms. The molecule has 0 fully saturated rings. The summed E-state index contributed by atoms with van der Waals surface area (Å²) in [6, 6.07) is 0. The van der Waals surface area contributed by atoms with Crippen LogP contribution < -0.4 is 5.73 Å². The average Bonchev–Trinajstić information content (AvgIpc) is 1.87. The van der Waals surface area contributed by atoms with Gasteiger partial charge in [-0.1, -0.05) is 20.8 Å². The fourth-order valence-electron chi connectivity index (χ4n) is 0.604. The van der Waals surface area contributed by atoms with Crippen LogP contribution in [0.25, 0.3) is 0 Å². The Balaban J connectivity index is 0. The van der Waals surface area contributed by atoms with E-state index in [2.05, 4.69) is 20.8 Å². The van der Waals surface area contributed by atoms with Crippen molar-refractivity contribution in [3.8, 4) is 0 Å². The summed E-state index contributed by atoms with van der Waals surface area (Å²) >= 11 is 0. The third-order valence-corrected chi connectivity index (χ3v) is 1.91. The zero-order chi connectivity index (χ0) is 6.62. The number of rotatable bonds is 3. The van der Waals surface area contributed by atoms with Crippen LogP contribution in [0.5, 0.6) is 0 Å². The summed E-state index contributed by atoms with van der Waals surface area (Å²) in [6.45, 7) is 7.99. The molecule has 0 bridgehead atoms. The van der Waals surface area contributed by atoms with Crippen molar-refractivity contribution in [3.05, 3.63) is 6.92 Å². The third-order valence-electron chi connectivity index (χ3n) is 1.91. The molecule has 1 nitrogen and oxygen atoms in total. The Morgan fingerprint density at radius 1 is 1.33 bits per heavy atom. The SMILES string of the molecule is [CH2]CC(N)(CC)CC.[LiH]. The van der Waals surface area contributed by atoms with Crippen molar-refractivity contribution in [1.29, 1.82) is 0 Å². The topological polar surface area (TPSA) is 26.0 Å². The summed E-state index contributed by atoms with van der Waals surface area (Å²) < 4.78 is 0. The second-order valence-corrected chi connectivity index (χ2v) is 2.32. The first-order valence-corrected chi connectivity index (χ1v) is 3.26. The summed E-state index contributed by atoms with van der Waals surface area (Å²) in [5.41, 5.74) is 5.85. The van der Waals surface area contributed by atoms with Gasteiger partial charge in [-0.15, -0.1) is 0 Å². The Hall–Kier alpha value is 0.557. The van der Waals surface area contributed by atoms with Gasteiger partial charge in [0.2, 0.25) is 0 Å². The Morgan fingerprint density at radius 2 is 1.67 bits per heavy atom. The van der Waals surface area contributed by atoms with E-state index in [9.17, 15) is 0 Å². The Bertz CT molecular complexity index is 51.7. The van der Waals surface area contributed by atoms with E-state index < -0.39 is 0 Å². The predicted molar refractivity (Wildman–Crippen MR) is 44.6 cm³/mol. The molecule has 0 spiro atoms. The molecule has 0 aromatic rings. The summed E-state index contributed by atoms with van der Waals surface area (Å²) in [5.74, 6) is 0. The minimum atomic E-state index is 0. The monoisotopic (exact) mass is 122 g/mol. The maximum absolute atomic E-state index is 5.83. The molecule has 0 unspecified atom stereocenters. The van der Waals surface area contributed by atoms with Crippen LogP contribution in [0.4, 0.5) is 0 Å². The van der Waals surface area contributed by atoms with Gasteiger partial charge in [-0.25, -0.2) is 0 Å². The average molecular weight is 122 g/mol. The number of hydrogen-bond acceptors (Lipinski definition) is 1. The van der Waals surface area contributed by atoms with E-state index >= 15 is 0 Å². The first-order chi connectivity index (χ1) is 3.68. The van der Waals surface area contributed by atoms with Crippen molar-refractivity contribution >= 4 is 18.9 Å². The first-order valence-electron chi connectivity index (χ1n) is 3.26. The summed E-state index contributed by atoms with van der Waals surface area (Å²) in [5, 5.41) is 0. The number of hydrogen-bond donors (Lipinski definition) is 1. The van der Waals surface area contributed by atoms with Gasteiger partial charge in [0.15, 0.2) is 0 Å². The van der Waals surface area contributed by atoms with Crippen LogP contribution in [-0.4, -0.2) is 24.4 Å². The van der Waals surface area contributed by atoms with Gasteiger partial charge in [0.1, 0.15) is 0 Å². The van der Waals surface area contributed by atoms with Crippen LogP contribution in [0.3, 0.4) is 0 Å². The second-order valence-electron chi connectivity index (χ2n) is 2.32. The molecule has 0 atom stereocenters. The Morgan fingerprint density at radius 3 is 1.67 bits per heavy atom. The third kappa shape index (κ3) is 4.03. The first kappa shape index (κ1) is 12.3. The van der Waals surface area contributed by atoms with E-state index in [0.29, 0.717) is 0 Å². The van der Waals surface area contributed by atoms with E-state index in [1.165, 1.54) is 0 Å². The zero-order valence-corrected chi connectivity index (χ0v) is 5.91. The van der Waals surface area contributed by atoms with Crippen LogP contribution in [0.2, 0.25) is 0 Å². The van der Waals surface area contributed by atoms with Gasteiger partial charge in [-0.2, -0.15) is 0 Å². The van der Waals surface area contributed by atoms with Crippen LogP contribution in [0.15, 0.2) is 0 Å². The zero-order valence-electron chi connectivity index (χ0n) is 5.91. The van der Waals surface area contributed by atoms with Crippen LogP contribution in [-0.2, 0) is 0 Å². The molecule has 0 aromatic carbocycles. The minimum absolute atomic E-state index is 0. The summed E-state index contributed by atoms with van der Waals surface area (Å²) in [4.78, 5) is 0.